The van der Waals surface area contributed by atoms with Crippen LogP contribution in [0.2, 0.25) is 0 Å². The maximum Gasteiger partial charge on any atom is 0.299 e. The normalized spacial score (nSPS) is 14.5. The lowest BCUT2D eigenvalue weighted by Crippen LogP contribution is -2.28. The van der Waals surface area contributed by atoms with Gasteiger partial charge in [-0.1, -0.05) is 0 Å². The highest BCUT2D eigenvalue weighted by Gasteiger charge is 2.18. The first-order chi connectivity index (χ1) is 15.9. The number of methoxy groups -OCH3 is 1. The molecule has 0 spiro atoms. The van der Waals surface area contributed by atoms with Crippen molar-refractivity contribution in [2.45, 2.75) is 24.2 Å². The Morgan fingerprint density at radius 2 is 1.91 bits per heavy atom. The van der Waals surface area contributed by atoms with E-state index in [0.717, 1.165) is 26.1 Å². The van der Waals surface area contributed by atoms with E-state index in [9.17, 15) is 12.8 Å². The lowest BCUT2D eigenvalue weighted by Gasteiger charge is -2.15. The Kier molecular flexibility index (Phi) is 7.26. The highest BCUT2D eigenvalue weighted by Crippen LogP contribution is 2.31. The molecule has 1 aromatic heterocycles. The Labute approximate surface area is 192 Å². The topological polar surface area (TPSA) is 96.7 Å². The molecule has 0 atom stereocenters. The van der Waals surface area contributed by atoms with Crippen LogP contribution in [-0.4, -0.2) is 51.6 Å². The summed E-state index contributed by atoms with van der Waals surface area (Å²) in [4.78, 5) is 6.64. The third kappa shape index (κ3) is 5.89. The lowest BCUT2D eigenvalue weighted by molar-refractivity contribution is 0.334. The second-order valence-electron chi connectivity index (χ2n) is 7.82. The minimum atomic E-state index is -3.69. The SMILES string of the molecule is COc1ccc(S(=O)(=O)NCCCN2CCCC2)cc1Nc1ncc(-c2ccc(F)cc2)o1. The number of nitrogens with zero attached hydrogens (tertiary/aromatic N) is 2. The summed E-state index contributed by atoms with van der Waals surface area (Å²) in [5, 5.41) is 2.97. The molecular formula is C23H27FN4O4S. The summed E-state index contributed by atoms with van der Waals surface area (Å²) in [7, 11) is -2.20. The van der Waals surface area contributed by atoms with E-state index in [1.54, 1.807) is 18.2 Å². The number of hydrogen-bond donors (Lipinski definition) is 2. The van der Waals surface area contributed by atoms with Gasteiger partial charge >= 0.3 is 0 Å². The number of benzene rings is 2. The molecule has 33 heavy (non-hydrogen) atoms. The summed E-state index contributed by atoms with van der Waals surface area (Å²) in [6.07, 6.45) is 4.68. The van der Waals surface area contributed by atoms with Crippen LogP contribution in [0.5, 0.6) is 5.75 Å². The largest absolute Gasteiger partial charge is 0.495 e. The number of ether oxygens (including phenoxy) is 1. The van der Waals surface area contributed by atoms with Gasteiger partial charge in [-0.3, -0.25) is 0 Å². The van der Waals surface area contributed by atoms with Crippen molar-refractivity contribution in [2.75, 3.05) is 38.6 Å². The summed E-state index contributed by atoms with van der Waals surface area (Å²) in [5.41, 5.74) is 1.06. The highest BCUT2D eigenvalue weighted by molar-refractivity contribution is 7.89. The van der Waals surface area contributed by atoms with Gasteiger partial charge in [-0.2, -0.15) is 0 Å². The van der Waals surface area contributed by atoms with E-state index in [-0.39, 0.29) is 16.7 Å². The van der Waals surface area contributed by atoms with Crippen molar-refractivity contribution in [3.8, 4) is 17.1 Å². The predicted octanol–water partition coefficient (Wildman–Crippen LogP) is 4.00. The molecule has 2 heterocycles. The quantitative estimate of drug-likeness (QED) is 0.429. The van der Waals surface area contributed by atoms with Crippen molar-refractivity contribution in [1.29, 1.82) is 0 Å². The minimum Gasteiger partial charge on any atom is -0.495 e. The standard InChI is InChI=1S/C23H27FN4O4S/c1-31-21-10-9-19(33(29,30)26-11-4-14-28-12-2-3-13-28)15-20(21)27-23-25-16-22(32-23)17-5-7-18(24)8-6-17/h5-10,15-16,26H,2-4,11-14H2,1H3,(H,25,27). The average molecular weight is 475 g/mol. The second kappa shape index (κ2) is 10.3. The van der Waals surface area contributed by atoms with Crippen LogP contribution in [-0.2, 0) is 10.0 Å². The van der Waals surface area contributed by atoms with Crippen LogP contribution in [0, 0.1) is 5.82 Å². The molecule has 10 heteroatoms. The van der Waals surface area contributed by atoms with Gasteiger partial charge in [0.05, 0.1) is 23.9 Å². The van der Waals surface area contributed by atoms with E-state index in [1.165, 1.54) is 50.4 Å². The van der Waals surface area contributed by atoms with Gasteiger partial charge in [0.1, 0.15) is 11.6 Å². The molecule has 1 fully saturated rings. The smallest absolute Gasteiger partial charge is 0.299 e. The molecule has 2 aromatic carbocycles. The highest BCUT2D eigenvalue weighted by atomic mass is 32.2. The number of halogens is 1. The summed E-state index contributed by atoms with van der Waals surface area (Å²) in [6.45, 7) is 3.43. The number of anilines is 2. The molecule has 3 aromatic rings. The number of rotatable bonds is 10. The number of hydrogen-bond acceptors (Lipinski definition) is 7. The van der Waals surface area contributed by atoms with Crippen molar-refractivity contribution < 1.29 is 22.0 Å². The fourth-order valence-electron chi connectivity index (χ4n) is 3.75. The first-order valence-electron chi connectivity index (χ1n) is 10.8. The van der Waals surface area contributed by atoms with Gasteiger partial charge in [0.2, 0.25) is 10.0 Å². The maximum absolute atomic E-state index is 13.2. The second-order valence-corrected chi connectivity index (χ2v) is 9.59. The molecule has 2 N–H and O–H groups in total. The summed E-state index contributed by atoms with van der Waals surface area (Å²) in [6, 6.07) is 10.5. The molecule has 0 radical (unpaired) electrons. The van der Waals surface area contributed by atoms with E-state index in [2.05, 4.69) is 19.9 Å². The molecule has 0 aliphatic carbocycles. The van der Waals surface area contributed by atoms with E-state index in [1.807, 2.05) is 0 Å². The van der Waals surface area contributed by atoms with Gasteiger partial charge < -0.3 is 19.4 Å². The molecule has 0 unspecified atom stereocenters. The van der Waals surface area contributed by atoms with Crippen molar-refractivity contribution in [3.05, 3.63) is 54.5 Å². The Balaban J connectivity index is 1.44. The number of nitrogens with one attached hydrogen (secondary N) is 2. The molecule has 176 valence electrons. The van der Waals surface area contributed by atoms with E-state index < -0.39 is 10.0 Å². The number of oxazole rings is 1. The van der Waals surface area contributed by atoms with Crippen LogP contribution < -0.4 is 14.8 Å². The zero-order chi connectivity index (χ0) is 23.3. The van der Waals surface area contributed by atoms with Crippen LogP contribution >= 0.6 is 0 Å². The van der Waals surface area contributed by atoms with E-state index >= 15 is 0 Å². The maximum atomic E-state index is 13.2. The Morgan fingerprint density at radius 3 is 2.64 bits per heavy atom. The summed E-state index contributed by atoms with van der Waals surface area (Å²) >= 11 is 0. The summed E-state index contributed by atoms with van der Waals surface area (Å²) < 4.78 is 52.4. The molecule has 1 aliphatic rings. The molecule has 0 saturated carbocycles. The Morgan fingerprint density at radius 1 is 1.15 bits per heavy atom. The molecule has 4 rings (SSSR count). The van der Waals surface area contributed by atoms with Crippen LogP contribution in [0.1, 0.15) is 19.3 Å². The molecular weight excluding hydrogens is 447 g/mol. The molecule has 8 nitrogen and oxygen atoms in total. The predicted molar refractivity (Wildman–Crippen MR) is 124 cm³/mol. The lowest BCUT2D eigenvalue weighted by atomic mass is 10.2. The third-order valence-corrected chi connectivity index (χ3v) is 6.96. The fraction of sp³-hybridized carbons (Fsp3) is 0.348. The van der Waals surface area contributed by atoms with Crippen molar-refractivity contribution >= 4 is 21.7 Å². The molecule has 1 aliphatic heterocycles. The van der Waals surface area contributed by atoms with Crippen LogP contribution in [0.15, 0.2) is 58.0 Å². The van der Waals surface area contributed by atoms with Gasteiger partial charge in [0.15, 0.2) is 5.76 Å². The van der Waals surface area contributed by atoms with Gasteiger partial charge in [-0.15, -0.1) is 0 Å². The van der Waals surface area contributed by atoms with Crippen molar-refractivity contribution in [3.63, 3.8) is 0 Å². The first kappa shape index (κ1) is 23.2. The monoisotopic (exact) mass is 474 g/mol. The van der Waals surface area contributed by atoms with Crippen LogP contribution in [0.3, 0.4) is 0 Å². The van der Waals surface area contributed by atoms with Crippen LogP contribution in [0.4, 0.5) is 16.1 Å². The van der Waals surface area contributed by atoms with Crippen molar-refractivity contribution in [2.24, 2.45) is 0 Å². The first-order valence-corrected chi connectivity index (χ1v) is 12.3. The Bertz CT molecular complexity index is 1180. The number of likely N-dealkylation sites (tertiary alicyclic amines) is 1. The third-order valence-electron chi connectivity index (χ3n) is 5.50. The zero-order valence-corrected chi connectivity index (χ0v) is 19.2. The fourth-order valence-corrected chi connectivity index (χ4v) is 4.85. The van der Waals surface area contributed by atoms with Gasteiger partial charge in [0.25, 0.3) is 6.01 Å². The average Bonchev–Trinajstić information content (AvgIpc) is 3.50. The van der Waals surface area contributed by atoms with Crippen molar-refractivity contribution in [1.82, 2.24) is 14.6 Å². The summed E-state index contributed by atoms with van der Waals surface area (Å²) in [5.74, 6) is 0.536. The minimum absolute atomic E-state index is 0.109. The number of aromatic nitrogens is 1. The van der Waals surface area contributed by atoms with E-state index in [4.69, 9.17) is 9.15 Å². The van der Waals surface area contributed by atoms with Gasteiger partial charge in [0, 0.05) is 12.1 Å². The Hall–Kier alpha value is -2.95. The molecule has 0 amide bonds. The number of sulfonamides is 1. The molecule has 1 saturated heterocycles. The molecule has 0 bridgehead atoms. The zero-order valence-electron chi connectivity index (χ0n) is 18.4. The van der Waals surface area contributed by atoms with Crippen LogP contribution in [0.25, 0.3) is 11.3 Å². The van der Waals surface area contributed by atoms with Gasteiger partial charge in [-0.25, -0.2) is 22.5 Å². The van der Waals surface area contributed by atoms with Gasteiger partial charge in [-0.05, 0) is 81.4 Å². The van der Waals surface area contributed by atoms with E-state index in [0.29, 0.717) is 29.3 Å².